The number of halogens is 5. The Morgan fingerprint density at radius 3 is 1.94 bits per heavy atom. The van der Waals surface area contributed by atoms with E-state index in [9.17, 15) is 26.7 Å². The van der Waals surface area contributed by atoms with Gasteiger partial charge in [0.05, 0.1) is 5.56 Å². The second-order valence-corrected chi connectivity index (χ2v) is 7.53. The smallest absolute Gasteiger partial charge is 0.373 e. The first-order valence-electron chi connectivity index (χ1n) is 9.41. The molecule has 0 fully saturated rings. The van der Waals surface area contributed by atoms with Gasteiger partial charge in [0, 0.05) is 39.4 Å². The predicted molar refractivity (Wildman–Crippen MR) is 110 cm³/mol. The summed E-state index contributed by atoms with van der Waals surface area (Å²) >= 11 is 0. The highest BCUT2D eigenvalue weighted by Gasteiger charge is 2.30. The van der Waals surface area contributed by atoms with Gasteiger partial charge in [0.15, 0.2) is 11.6 Å². The van der Waals surface area contributed by atoms with Gasteiger partial charge in [-0.25, -0.2) is 13.6 Å². The average Bonchev–Trinajstić information content (AvgIpc) is 2.63. The number of hydrogen-bond donors (Lipinski definition) is 1. The Hall–Kier alpha value is -2.88. The molecule has 0 aliphatic carbocycles. The van der Waals surface area contributed by atoms with E-state index in [1.54, 1.807) is 14.1 Å². The maximum atomic E-state index is 14.2. The van der Waals surface area contributed by atoms with Crippen molar-refractivity contribution in [3.8, 4) is 0 Å². The molecule has 0 heterocycles. The van der Waals surface area contributed by atoms with Crippen molar-refractivity contribution in [1.82, 2.24) is 9.80 Å². The monoisotopic (exact) mass is 444 g/mol. The number of amides is 2. The van der Waals surface area contributed by atoms with Gasteiger partial charge in [0.2, 0.25) is 0 Å². The van der Waals surface area contributed by atoms with E-state index >= 15 is 0 Å². The van der Waals surface area contributed by atoms with Gasteiger partial charge in [0.25, 0.3) is 0 Å². The van der Waals surface area contributed by atoms with E-state index in [0.29, 0.717) is 12.1 Å². The fourth-order valence-corrected chi connectivity index (χ4v) is 2.86. The van der Waals surface area contributed by atoms with Crippen LogP contribution in [0.2, 0.25) is 0 Å². The number of benzene rings is 2. The van der Waals surface area contributed by atoms with Crippen molar-refractivity contribution in [2.75, 3.05) is 51.5 Å². The van der Waals surface area contributed by atoms with Gasteiger partial charge >= 0.3 is 12.2 Å². The second kappa shape index (κ2) is 9.95. The molecule has 2 aromatic carbocycles. The molecule has 1 N–H and O–H groups in total. The number of nitrogens with zero attached hydrogens (tertiary/aromatic N) is 3. The van der Waals surface area contributed by atoms with Crippen molar-refractivity contribution in [1.29, 1.82) is 0 Å². The zero-order valence-electron chi connectivity index (χ0n) is 17.7. The summed E-state index contributed by atoms with van der Waals surface area (Å²) in [5, 5.41) is 2.46. The molecule has 31 heavy (non-hydrogen) atoms. The summed E-state index contributed by atoms with van der Waals surface area (Å²) in [4.78, 5) is 17.2. The maximum absolute atomic E-state index is 14.2. The standard InChI is InChI=1S/C21H25F5N4O/c1-28(2)9-10-30(13-14-5-7-15(8-6-14)21(24,25)26)20(31)27-16-11-17(22)19(29(3)4)18(23)12-16/h5-8,11-12H,9-10,13H2,1-4H3,(H,27,31). The van der Waals surface area contributed by atoms with Crippen LogP contribution in [0.15, 0.2) is 36.4 Å². The van der Waals surface area contributed by atoms with E-state index in [0.717, 1.165) is 24.3 Å². The topological polar surface area (TPSA) is 38.8 Å². The third-order valence-electron chi connectivity index (χ3n) is 4.47. The molecule has 0 spiro atoms. The van der Waals surface area contributed by atoms with Crippen LogP contribution in [0, 0.1) is 11.6 Å². The Morgan fingerprint density at radius 1 is 0.935 bits per heavy atom. The van der Waals surface area contributed by atoms with Crippen molar-refractivity contribution in [3.05, 3.63) is 59.2 Å². The summed E-state index contributed by atoms with van der Waals surface area (Å²) in [7, 11) is 6.59. The molecule has 0 unspecified atom stereocenters. The third kappa shape index (κ3) is 6.81. The van der Waals surface area contributed by atoms with E-state index < -0.39 is 29.4 Å². The molecule has 0 saturated heterocycles. The number of carbonyl (C=O) groups excluding carboxylic acids is 1. The molecule has 0 aliphatic rings. The lowest BCUT2D eigenvalue weighted by Crippen LogP contribution is -2.39. The molecular weight excluding hydrogens is 419 g/mol. The number of urea groups is 1. The molecule has 2 rings (SSSR count). The minimum Gasteiger partial charge on any atom is -0.373 e. The van der Waals surface area contributed by atoms with Crippen LogP contribution in [0.1, 0.15) is 11.1 Å². The number of nitrogens with one attached hydrogen (secondary N) is 1. The molecule has 0 radical (unpaired) electrons. The molecule has 0 saturated carbocycles. The first-order valence-corrected chi connectivity index (χ1v) is 9.41. The second-order valence-electron chi connectivity index (χ2n) is 7.53. The fraction of sp³-hybridized carbons (Fsp3) is 0.381. The fourth-order valence-electron chi connectivity index (χ4n) is 2.86. The van der Waals surface area contributed by atoms with Gasteiger partial charge in [-0.05, 0) is 43.9 Å². The number of anilines is 2. The Labute approximate surface area is 178 Å². The molecule has 0 aliphatic heterocycles. The molecule has 0 atom stereocenters. The molecule has 170 valence electrons. The SMILES string of the molecule is CN(C)CCN(Cc1ccc(C(F)(F)F)cc1)C(=O)Nc1cc(F)c(N(C)C)c(F)c1. The molecule has 10 heteroatoms. The van der Waals surface area contributed by atoms with Gasteiger partial charge in [-0.3, -0.25) is 0 Å². The van der Waals surface area contributed by atoms with Crippen molar-refractivity contribution in [3.63, 3.8) is 0 Å². The summed E-state index contributed by atoms with van der Waals surface area (Å²) in [5.41, 5.74) is -0.588. The Morgan fingerprint density at radius 2 is 1.48 bits per heavy atom. The number of alkyl halides is 3. The average molecular weight is 444 g/mol. The zero-order chi connectivity index (χ0) is 23.3. The normalized spacial score (nSPS) is 11.5. The van der Waals surface area contributed by atoms with Gasteiger partial charge in [-0.2, -0.15) is 13.2 Å². The van der Waals surface area contributed by atoms with Crippen LogP contribution >= 0.6 is 0 Å². The number of rotatable bonds is 7. The lowest BCUT2D eigenvalue weighted by Gasteiger charge is -2.25. The molecule has 2 aromatic rings. The molecule has 0 aromatic heterocycles. The Balaban J connectivity index is 2.20. The van der Waals surface area contributed by atoms with Crippen LogP contribution in [0.4, 0.5) is 38.1 Å². The molecule has 5 nitrogen and oxygen atoms in total. The van der Waals surface area contributed by atoms with Gasteiger partial charge in [-0.1, -0.05) is 12.1 Å². The van der Waals surface area contributed by atoms with Gasteiger partial charge < -0.3 is 20.0 Å². The summed E-state index contributed by atoms with van der Waals surface area (Å²) in [6, 6.07) is 5.88. The van der Waals surface area contributed by atoms with Gasteiger partial charge in [-0.15, -0.1) is 0 Å². The van der Waals surface area contributed by atoms with E-state index in [-0.39, 0.29) is 24.5 Å². The lowest BCUT2D eigenvalue weighted by atomic mass is 10.1. The van der Waals surface area contributed by atoms with E-state index in [4.69, 9.17) is 0 Å². The highest BCUT2D eigenvalue weighted by molar-refractivity contribution is 5.89. The van der Waals surface area contributed by atoms with E-state index in [2.05, 4.69) is 5.32 Å². The van der Waals surface area contributed by atoms with E-state index in [1.165, 1.54) is 36.0 Å². The highest BCUT2D eigenvalue weighted by Crippen LogP contribution is 2.29. The quantitative estimate of drug-likeness (QED) is 0.633. The molecular formula is C21H25F5N4O. The van der Waals surface area contributed by atoms with Crippen molar-refractivity contribution in [2.24, 2.45) is 0 Å². The summed E-state index contributed by atoms with van der Waals surface area (Å²) in [5.74, 6) is -1.66. The van der Waals surface area contributed by atoms with Gasteiger partial charge in [0.1, 0.15) is 5.69 Å². The third-order valence-corrected chi connectivity index (χ3v) is 4.47. The Kier molecular flexibility index (Phi) is 7.83. The molecule has 0 bridgehead atoms. The summed E-state index contributed by atoms with van der Waals surface area (Å²) in [6.45, 7) is 0.759. The lowest BCUT2D eigenvalue weighted by molar-refractivity contribution is -0.137. The zero-order valence-corrected chi connectivity index (χ0v) is 17.7. The maximum Gasteiger partial charge on any atom is 0.416 e. The van der Waals surface area contributed by atoms with Crippen molar-refractivity contribution in [2.45, 2.75) is 12.7 Å². The van der Waals surface area contributed by atoms with Crippen LogP contribution < -0.4 is 10.2 Å². The van der Waals surface area contributed by atoms with Crippen LogP contribution in [-0.4, -0.2) is 57.1 Å². The number of likely N-dealkylation sites (N-methyl/N-ethyl adjacent to an activating group) is 1. The van der Waals surface area contributed by atoms with Crippen molar-refractivity contribution >= 4 is 17.4 Å². The van der Waals surface area contributed by atoms with Crippen molar-refractivity contribution < 1.29 is 26.7 Å². The minimum atomic E-state index is -4.45. The molecule has 2 amide bonds. The minimum absolute atomic E-state index is 0.0263. The number of carbonyl (C=O) groups is 1. The van der Waals surface area contributed by atoms with Crippen LogP contribution in [-0.2, 0) is 12.7 Å². The van der Waals surface area contributed by atoms with Crippen LogP contribution in [0.25, 0.3) is 0 Å². The number of hydrogen-bond acceptors (Lipinski definition) is 3. The highest BCUT2D eigenvalue weighted by atomic mass is 19.4. The predicted octanol–water partition coefficient (Wildman–Crippen LogP) is 4.65. The summed E-state index contributed by atoms with van der Waals surface area (Å²) < 4.78 is 66.7. The van der Waals surface area contributed by atoms with Crippen LogP contribution in [0.5, 0.6) is 0 Å². The Bertz CT molecular complexity index is 875. The largest absolute Gasteiger partial charge is 0.416 e. The van der Waals surface area contributed by atoms with E-state index in [1.807, 2.05) is 4.90 Å². The summed E-state index contributed by atoms with van der Waals surface area (Å²) in [6.07, 6.45) is -4.45. The van der Waals surface area contributed by atoms with Crippen LogP contribution in [0.3, 0.4) is 0 Å². The first-order chi connectivity index (χ1) is 14.4. The first kappa shape index (κ1) is 24.4.